The molecule has 0 spiro atoms. The van der Waals surface area contributed by atoms with Gasteiger partial charge in [-0.25, -0.2) is 8.42 Å². The predicted molar refractivity (Wildman–Crippen MR) is 67.0 cm³/mol. The predicted octanol–water partition coefficient (Wildman–Crippen LogP) is -0.756. The maximum Gasteiger partial charge on any atom is 2.00 e. The van der Waals surface area contributed by atoms with E-state index < -0.39 is 42.7 Å². The number of carbonyl (C=O) groups excluding carboxylic acids is 2. The normalized spacial score (nSPS) is 10.5. The number of carboxylic acid groups (broad SMARTS) is 2. The van der Waals surface area contributed by atoms with Gasteiger partial charge in [0.25, 0.3) is 0 Å². The van der Waals surface area contributed by atoms with Gasteiger partial charge >= 0.3 is 16.8 Å². The molecule has 2 aromatic carbocycles. The third-order valence-corrected chi connectivity index (χ3v) is 4.66. The van der Waals surface area contributed by atoms with Crippen molar-refractivity contribution in [3.8, 4) is 0 Å². The molecule has 0 amide bonds. The first-order chi connectivity index (χ1) is 9.85. The molecule has 22 heavy (non-hydrogen) atoms. The van der Waals surface area contributed by atoms with Gasteiger partial charge in [0.05, 0.1) is 21.7 Å². The molecule has 0 unspecified atom stereocenters. The smallest absolute Gasteiger partial charge is 0.545 e. The maximum atomic E-state index is 12.5. The Bertz CT molecular complexity index is 765. The fourth-order valence-electron chi connectivity index (χ4n) is 1.86. The Labute approximate surface area is 136 Å². The van der Waals surface area contributed by atoms with Crippen molar-refractivity contribution in [2.75, 3.05) is 0 Å². The van der Waals surface area contributed by atoms with E-state index in [1.807, 2.05) is 0 Å². The average Bonchev–Trinajstić information content (AvgIpc) is 2.47. The second kappa shape index (κ2) is 6.73. The van der Waals surface area contributed by atoms with Crippen LogP contribution in [-0.4, -0.2) is 20.4 Å². The molecule has 0 heterocycles. The molecule has 0 saturated carbocycles. The quantitative estimate of drug-likeness (QED) is 0.706. The van der Waals surface area contributed by atoms with Gasteiger partial charge in [0.1, 0.15) is 0 Å². The molecule has 0 atom stereocenters. The molecule has 6 nitrogen and oxygen atoms in total. The third-order valence-electron chi connectivity index (χ3n) is 2.79. The Morgan fingerprint density at radius 3 is 1.36 bits per heavy atom. The SMILES string of the molecule is O=C([O-])c1ccccc1S(=O)(=O)c1ccccc1C(=O)[O-].[Co+2]. The van der Waals surface area contributed by atoms with E-state index in [-0.39, 0.29) is 16.8 Å². The van der Waals surface area contributed by atoms with E-state index in [0.29, 0.717) is 0 Å². The van der Waals surface area contributed by atoms with Crippen molar-refractivity contribution in [2.45, 2.75) is 9.79 Å². The van der Waals surface area contributed by atoms with E-state index in [0.717, 1.165) is 24.3 Å². The molecule has 0 bridgehead atoms. The van der Waals surface area contributed by atoms with Crippen LogP contribution < -0.4 is 10.2 Å². The fourth-order valence-corrected chi connectivity index (χ4v) is 3.49. The van der Waals surface area contributed by atoms with Gasteiger partial charge in [-0.05, 0) is 12.1 Å². The summed E-state index contributed by atoms with van der Waals surface area (Å²) in [6.45, 7) is 0. The minimum absolute atomic E-state index is 0. The van der Waals surface area contributed by atoms with Gasteiger partial charge in [-0.1, -0.05) is 36.4 Å². The van der Waals surface area contributed by atoms with Crippen LogP contribution in [0.25, 0.3) is 0 Å². The monoisotopic (exact) mass is 363 g/mol. The number of carbonyl (C=O) groups is 2. The minimum atomic E-state index is -4.33. The number of rotatable bonds is 4. The molecule has 2 aromatic rings. The summed E-state index contributed by atoms with van der Waals surface area (Å²) in [4.78, 5) is 21.0. The minimum Gasteiger partial charge on any atom is -0.545 e. The Balaban J connectivity index is 0.00000242. The van der Waals surface area contributed by atoms with Crippen LogP contribution in [0.3, 0.4) is 0 Å². The summed E-state index contributed by atoms with van der Waals surface area (Å²) in [6.07, 6.45) is 0. The van der Waals surface area contributed by atoms with Crippen molar-refractivity contribution in [1.29, 1.82) is 0 Å². The van der Waals surface area contributed by atoms with Crippen LogP contribution >= 0.6 is 0 Å². The largest absolute Gasteiger partial charge is 2.00 e. The van der Waals surface area contributed by atoms with Crippen molar-refractivity contribution < 1.29 is 45.0 Å². The van der Waals surface area contributed by atoms with E-state index in [1.165, 1.54) is 24.3 Å². The van der Waals surface area contributed by atoms with E-state index in [1.54, 1.807) is 0 Å². The van der Waals surface area contributed by atoms with E-state index in [2.05, 4.69) is 0 Å². The van der Waals surface area contributed by atoms with Gasteiger partial charge in [-0.3, -0.25) is 0 Å². The summed E-state index contributed by atoms with van der Waals surface area (Å²) in [5.74, 6) is -3.33. The molecular formula is C14H8CoO6S. The van der Waals surface area contributed by atoms with Crippen LogP contribution in [0.2, 0.25) is 0 Å². The van der Waals surface area contributed by atoms with E-state index in [9.17, 15) is 28.2 Å². The Kier molecular flexibility index (Phi) is 5.47. The van der Waals surface area contributed by atoms with Crippen LogP contribution in [0.15, 0.2) is 58.3 Å². The van der Waals surface area contributed by atoms with Crippen molar-refractivity contribution in [2.24, 2.45) is 0 Å². The Hall–Kier alpha value is -2.16. The van der Waals surface area contributed by atoms with Gasteiger partial charge in [0.2, 0.25) is 9.84 Å². The first-order valence-electron chi connectivity index (χ1n) is 5.71. The van der Waals surface area contributed by atoms with Crippen molar-refractivity contribution in [1.82, 2.24) is 0 Å². The van der Waals surface area contributed by atoms with Crippen LogP contribution in [0, 0.1) is 0 Å². The van der Waals surface area contributed by atoms with Crippen molar-refractivity contribution in [3.63, 3.8) is 0 Å². The number of sulfone groups is 1. The zero-order chi connectivity index (χ0) is 15.6. The van der Waals surface area contributed by atoms with Gasteiger partial charge in [0.15, 0.2) is 0 Å². The molecule has 0 aliphatic carbocycles. The Morgan fingerprint density at radius 2 is 1.05 bits per heavy atom. The zero-order valence-corrected chi connectivity index (χ0v) is 12.7. The van der Waals surface area contributed by atoms with E-state index in [4.69, 9.17) is 0 Å². The van der Waals surface area contributed by atoms with Gasteiger partial charge in [-0.15, -0.1) is 0 Å². The molecule has 2 rings (SSSR count). The average molecular weight is 363 g/mol. The molecule has 1 radical (unpaired) electrons. The number of benzene rings is 2. The first-order valence-corrected chi connectivity index (χ1v) is 7.20. The van der Waals surface area contributed by atoms with Gasteiger partial charge in [0, 0.05) is 11.1 Å². The van der Waals surface area contributed by atoms with Crippen LogP contribution in [0.4, 0.5) is 0 Å². The molecule has 0 aliphatic rings. The summed E-state index contributed by atoms with van der Waals surface area (Å²) in [7, 11) is -4.33. The van der Waals surface area contributed by atoms with Crippen LogP contribution in [0.5, 0.6) is 0 Å². The zero-order valence-electron chi connectivity index (χ0n) is 10.8. The topological polar surface area (TPSA) is 114 Å². The first kappa shape index (κ1) is 17.9. The standard InChI is InChI=1S/C14H10O6S.Co/c15-13(16)9-5-1-3-7-11(9)21(19,20)12-8-4-2-6-10(12)14(17)18;/h1-8H,(H,15,16)(H,17,18);/q;+2/p-2. The van der Waals surface area contributed by atoms with E-state index >= 15 is 0 Å². The third kappa shape index (κ3) is 3.19. The summed E-state index contributed by atoms with van der Waals surface area (Å²) < 4.78 is 25.0. The molecule has 0 aliphatic heterocycles. The summed E-state index contributed by atoms with van der Waals surface area (Å²) in [6, 6.07) is 9.65. The summed E-state index contributed by atoms with van der Waals surface area (Å²) in [5, 5.41) is 22.0. The molecule has 0 saturated heterocycles. The van der Waals surface area contributed by atoms with Crippen molar-refractivity contribution in [3.05, 3.63) is 59.7 Å². The maximum absolute atomic E-state index is 12.5. The van der Waals surface area contributed by atoms with Gasteiger partial charge in [-0.2, -0.15) is 0 Å². The molecule has 0 fully saturated rings. The molecular weight excluding hydrogens is 355 g/mol. The fraction of sp³-hybridized carbons (Fsp3) is 0. The molecule has 0 N–H and O–H groups in total. The second-order valence-corrected chi connectivity index (χ2v) is 5.96. The number of hydrogen-bond donors (Lipinski definition) is 0. The molecule has 115 valence electrons. The Morgan fingerprint density at radius 1 is 0.727 bits per heavy atom. The van der Waals surface area contributed by atoms with Crippen molar-refractivity contribution >= 4 is 21.8 Å². The van der Waals surface area contributed by atoms with Crippen LogP contribution in [-0.2, 0) is 26.6 Å². The summed E-state index contributed by atoms with van der Waals surface area (Å²) in [5.41, 5.74) is -1.07. The molecule has 8 heteroatoms. The molecule has 0 aromatic heterocycles. The van der Waals surface area contributed by atoms with Gasteiger partial charge < -0.3 is 19.8 Å². The second-order valence-electron chi connectivity index (χ2n) is 4.07. The van der Waals surface area contributed by atoms with Crippen LogP contribution in [0.1, 0.15) is 20.7 Å². The number of hydrogen-bond acceptors (Lipinski definition) is 6. The summed E-state index contributed by atoms with van der Waals surface area (Å²) >= 11 is 0. The number of aromatic carboxylic acids is 2. The number of carboxylic acids is 2.